The largest absolute Gasteiger partial charge is 0.472 e. The van der Waals surface area contributed by atoms with Gasteiger partial charge in [-0.3, -0.25) is 37.3 Å². The number of phosphoric ester groups is 2. The van der Waals surface area contributed by atoms with Crippen LogP contribution in [0.1, 0.15) is 310 Å². The number of ether oxygens (including phenoxy) is 4. The number of phosphoric acid groups is 2. The number of aliphatic hydroxyl groups is 1. The Kier molecular flexibility index (Phi) is 72.4. The van der Waals surface area contributed by atoms with Gasteiger partial charge in [-0.1, -0.05) is 308 Å². The molecule has 0 bridgehead atoms. The van der Waals surface area contributed by atoms with Crippen LogP contribution in [0.4, 0.5) is 0 Å². The molecule has 0 fully saturated rings. The second-order valence-corrected chi connectivity index (χ2v) is 29.1. The van der Waals surface area contributed by atoms with Crippen molar-refractivity contribution in [3.63, 3.8) is 0 Å². The van der Waals surface area contributed by atoms with Crippen molar-refractivity contribution >= 4 is 39.5 Å². The Labute approximate surface area is 630 Å². The van der Waals surface area contributed by atoms with Crippen molar-refractivity contribution in [3.05, 3.63) is 146 Å². The van der Waals surface area contributed by atoms with Crippen LogP contribution in [0.15, 0.2) is 146 Å². The summed E-state index contributed by atoms with van der Waals surface area (Å²) < 4.78 is 68.5. The van der Waals surface area contributed by atoms with Gasteiger partial charge in [0, 0.05) is 19.3 Å². The van der Waals surface area contributed by atoms with E-state index in [4.69, 9.17) is 37.0 Å². The van der Waals surface area contributed by atoms with E-state index >= 15 is 0 Å². The van der Waals surface area contributed by atoms with Crippen molar-refractivity contribution in [2.75, 3.05) is 39.6 Å². The van der Waals surface area contributed by atoms with E-state index in [1.54, 1.807) is 6.08 Å². The summed E-state index contributed by atoms with van der Waals surface area (Å²) >= 11 is 0. The Balaban J connectivity index is 5.45. The number of allylic oxidation sites excluding steroid dienone is 23. The SMILES string of the molecule is CC/C=C\C/C=C\C/C=C\C/C=C\C/C=C\CC(=O)OCC(COP(=O)(O)OCC(O)COP(=O)(O)OCC(COC(=O)CCCCCC/C=C\C/C=C\C/C=C\C/C=C\CC)OC(=O)CCCCCCCCC/C=C\C/C=C\C/C=C\CC)OC(=O)CCCCCCCCCCCCCCCCC. The number of carbonyl (C=O) groups is 4. The van der Waals surface area contributed by atoms with E-state index in [1.165, 1.54) is 64.2 Å². The molecule has 0 aliphatic carbocycles. The minimum atomic E-state index is -5.00. The first kappa shape index (κ1) is 98.9. The van der Waals surface area contributed by atoms with E-state index in [0.29, 0.717) is 25.7 Å². The standard InChI is InChI=1S/C85H142O17P2/c1-5-9-13-17-21-25-29-33-37-39-43-46-50-54-58-62-66-70-83(88)96-76-81(102-85(90)72-68-64-60-56-52-48-44-40-38-34-30-26-22-18-14-10-6-2)78-100-104(93,94)98-74-79(86)73-97-103(91,92)99-77-80(101-84(89)71-67-63-59-55-51-47-42-36-32-28-24-20-16-12-8-4)75-95-82(87)69-65-61-57-53-49-45-41-35-31-27-23-19-15-11-7-3/h9-11,13-15,21-23,25-27,33-35,37-38,41,43,46,49,53,61,65,79-81,86H,5-8,12,16-20,24,28-32,36,39-40,42,44-45,47-48,50-52,54-60,62-64,66-78H2,1-4H3,(H,91,92)(H,93,94)/b13-9-,14-10-,15-11-,25-21-,26-22-,27-23-,37-33-,38-34-,41-35-,46-43-,53-49-,65-61-. The molecule has 0 radical (unpaired) electrons. The lowest BCUT2D eigenvalue weighted by Crippen LogP contribution is -2.30. The van der Waals surface area contributed by atoms with Gasteiger partial charge in [0.2, 0.25) is 0 Å². The molecule has 594 valence electrons. The zero-order valence-corrected chi connectivity index (χ0v) is 66.7. The first-order valence-corrected chi connectivity index (χ1v) is 43.1. The van der Waals surface area contributed by atoms with Crippen molar-refractivity contribution in [1.82, 2.24) is 0 Å². The minimum Gasteiger partial charge on any atom is -0.462 e. The summed E-state index contributed by atoms with van der Waals surface area (Å²) in [4.78, 5) is 73.0. The molecule has 17 nitrogen and oxygen atoms in total. The summed E-state index contributed by atoms with van der Waals surface area (Å²) in [5.41, 5.74) is 0. The van der Waals surface area contributed by atoms with Crippen LogP contribution in [0.3, 0.4) is 0 Å². The summed E-state index contributed by atoms with van der Waals surface area (Å²) in [5, 5.41) is 10.6. The third kappa shape index (κ3) is 75.2. The van der Waals surface area contributed by atoms with Crippen molar-refractivity contribution in [1.29, 1.82) is 0 Å². The highest BCUT2D eigenvalue weighted by atomic mass is 31.2. The highest BCUT2D eigenvalue weighted by Crippen LogP contribution is 2.45. The van der Waals surface area contributed by atoms with Gasteiger partial charge in [0.05, 0.1) is 32.8 Å². The van der Waals surface area contributed by atoms with Gasteiger partial charge in [0.15, 0.2) is 12.2 Å². The molecule has 0 aromatic rings. The molecule has 0 amide bonds. The van der Waals surface area contributed by atoms with Crippen LogP contribution in [0.5, 0.6) is 0 Å². The average molecular weight is 1500 g/mol. The van der Waals surface area contributed by atoms with Crippen molar-refractivity contribution in [2.24, 2.45) is 0 Å². The van der Waals surface area contributed by atoms with Gasteiger partial charge in [-0.15, -0.1) is 0 Å². The molecule has 0 spiro atoms. The lowest BCUT2D eigenvalue weighted by molar-refractivity contribution is -0.161. The number of esters is 4. The fourth-order valence-electron chi connectivity index (χ4n) is 10.4. The Bertz CT molecular complexity index is 2540. The van der Waals surface area contributed by atoms with E-state index in [1.807, 2.05) is 18.2 Å². The number of rotatable bonds is 74. The molecule has 0 saturated carbocycles. The second kappa shape index (κ2) is 76.1. The normalized spacial score (nSPS) is 14.6. The summed E-state index contributed by atoms with van der Waals surface area (Å²) in [6, 6.07) is 0. The highest BCUT2D eigenvalue weighted by Gasteiger charge is 2.30. The molecule has 3 N–H and O–H groups in total. The zero-order chi connectivity index (χ0) is 76.0. The van der Waals surface area contributed by atoms with E-state index in [-0.39, 0.29) is 25.7 Å². The number of aliphatic hydroxyl groups excluding tert-OH is 1. The second-order valence-electron chi connectivity index (χ2n) is 26.2. The van der Waals surface area contributed by atoms with Gasteiger partial charge >= 0.3 is 39.5 Å². The third-order valence-corrected chi connectivity index (χ3v) is 18.2. The van der Waals surface area contributed by atoms with E-state index in [2.05, 4.69) is 149 Å². The van der Waals surface area contributed by atoms with Crippen molar-refractivity contribution in [3.8, 4) is 0 Å². The molecule has 0 heterocycles. The maximum Gasteiger partial charge on any atom is 0.472 e. The molecule has 0 saturated heterocycles. The monoisotopic (exact) mass is 1500 g/mol. The molecule has 0 rings (SSSR count). The third-order valence-electron chi connectivity index (χ3n) is 16.3. The molecule has 19 heteroatoms. The molecule has 0 aromatic carbocycles. The number of hydrogen-bond acceptors (Lipinski definition) is 15. The van der Waals surface area contributed by atoms with Crippen LogP contribution in [0, 0.1) is 0 Å². The Hall–Kier alpha value is -5.06. The van der Waals surface area contributed by atoms with Crippen LogP contribution in [0.2, 0.25) is 0 Å². The Morgan fingerprint density at radius 2 is 0.538 bits per heavy atom. The summed E-state index contributed by atoms with van der Waals surface area (Å²) in [7, 11) is -10.00. The molecule has 104 heavy (non-hydrogen) atoms. The van der Waals surface area contributed by atoms with Crippen LogP contribution in [-0.2, 0) is 65.4 Å². The molecular formula is C85H142O17P2. The first-order chi connectivity index (χ1) is 50.7. The maximum absolute atomic E-state index is 13.1. The van der Waals surface area contributed by atoms with E-state index in [0.717, 1.165) is 167 Å². The lowest BCUT2D eigenvalue weighted by atomic mass is 10.0. The van der Waals surface area contributed by atoms with Crippen molar-refractivity contribution in [2.45, 2.75) is 329 Å². The molecular weight excluding hydrogens is 1350 g/mol. The van der Waals surface area contributed by atoms with Crippen LogP contribution >= 0.6 is 15.6 Å². The summed E-state index contributed by atoms with van der Waals surface area (Å²) in [5.74, 6) is -2.36. The van der Waals surface area contributed by atoms with Crippen LogP contribution < -0.4 is 0 Å². The predicted octanol–water partition coefficient (Wildman–Crippen LogP) is 23.4. The van der Waals surface area contributed by atoms with Gasteiger partial charge in [0.25, 0.3) is 0 Å². The average Bonchev–Trinajstić information content (AvgIpc) is 0.926. The number of hydrogen-bond donors (Lipinski definition) is 3. The van der Waals surface area contributed by atoms with Crippen molar-refractivity contribution < 1.29 is 80.2 Å². The number of carbonyl (C=O) groups excluding carboxylic acids is 4. The predicted molar refractivity (Wildman–Crippen MR) is 427 cm³/mol. The first-order valence-electron chi connectivity index (χ1n) is 40.1. The molecule has 5 atom stereocenters. The smallest absolute Gasteiger partial charge is 0.462 e. The fraction of sp³-hybridized carbons (Fsp3) is 0.671. The Morgan fingerprint density at radius 3 is 0.856 bits per heavy atom. The zero-order valence-electron chi connectivity index (χ0n) is 64.9. The molecule has 0 aliphatic heterocycles. The topological polar surface area (TPSA) is 237 Å². The minimum absolute atomic E-state index is 0.0721. The highest BCUT2D eigenvalue weighted by molar-refractivity contribution is 7.47. The molecule has 5 unspecified atom stereocenters. The van der Waals surface area contributed by atoms with Gasteiger partial charge in [-0.25, -0.2) is 9.13 Å². The van der Waals surface area contributed by atoms with Crippen LogP contribution in [-0.4, -0.2) is 96.7 Å². The quantitative estimate of drug-likeness (QED) is 0.0169. The molecule has 0 aliphatic rings. The van der Waals surface area contributed by atoms with E-state index in [9.17, 15) is 43.2 Å². The molecule has 0 aromatic heterocycles. The van der Waals surface area contributed by atoms with Gasteiger partial charge in [-0.05, 0) is 122 Å². The fourth-order valence-corrected chi connectivity index (χ4v) is 11.9. The van der Waals surface area contributed by atoms with Gasteiger partial charge in [-0.2, -0.15) is 0 Å². The number of unbranched alkanes of at least 4 members (excludes halogenated alkanes) is 25. The maximum atomic E-state index is 13.1. The van der Waals surface area contributed by atoms with Gasteiger partial charge in [0.1, 0.15) is 19.3 Å². The van der Waals surface area contributed by atoms with Crippen LogP contribution in [0.25, 0.3) is 0 Å². The van der Waals surface area contributed by atoms with E-state index < -0.39 is 97.5 Å². The summed E-state index contributed by atoms with van der Waals surface area (Å²) in [6.45, 7) is 4.40. The lowest BCUT2D eigenvalue weighted by Gasteiger charge is -2.21. The van der Waals surface area contributed by atoms with Gasteiger partial charge < -0.3 is 33.8 Å². The Morgan fingerprint density at radius 1 is 0.288 bits per heavy atom. The summed E-state index contributed by atoms with van der Waals surface area (Å²) in [6.07, 6.45) is 87.1.